The van der Waals surface area contributed by atoms with Gasteiger partial charge in [0, 0.05) is 25.7 Å². The molecule has 2 rings (SSSR count). The minimum Gasteiger partial charge on any atom is -0.449 e. The molecular weight excluding hydrogens is 364 g/mol. The van der Waals surface area contributed by atoms with E-state index in [0.717, 1.165) is 70.1 Å². The maximum absolute atomic E-state index is 11.4. The first-order valence-electron chi connectivity index (χ1n) is 10.8. The van der Waals surface area contributed by atoms with Gasteiger partial charge in [-0.25, -0.2) is 0 Å². The summed E-state index contributed by atoms with van der Waals surface area (Å²) in [5.41, 5.74) is 2.16. The van der Waals surface area contributed by atoms with Gasteiger partial charge in [0.05, 0.1) is 0 Å². The molecule has 1 aromatic rings. The molecule has 1 heterocycles. The van der Waals surface area contributed by atoms with Crippen molar-refractivity contribution in [2.24, 2.45) is 0 Å². The second-order valence-electron chi connectivity index (χ2n) is 7.50. The molecular formula is C25H34O4. The van der Waals surface area contributed by atoms with Crippen LogP contribution in [0.3, 0.4) is 0 Å². The van der Waals surface area contributed by atoms with Gasteiger partial charge in [0.1, 0.15) is 0 Å². The van der Waals surface area contributed by atoms with Gasteiger partial charge in [-0.15, -0.1) is 0 Å². The van der Waals surface area contributed by atoms with E-state index in [2.05, 4.69) is 18.4 Å². The first-order valence-corrected chi connectivity index (χ1v) is 10.8. The number of ether oxygens (including phenoxy) is 3. The molecule has 0 spiro atoms. The zero-order chi connectivity index (χ0) is 20.7. The molecule has 158 valence electrons. The predicted molar refractivity (Wildman–Crippen MR) is 115 cm³/mol. The Bertz CT molecular complexity index is 665. The van der Waals surface area contributed by atoms with E-state index in [4.69, 9.17) is 14.2 Å². The monoisotopic (exact) mass is 398 g/mol. The number of carbonyl (C=O) groups is 1. The summed E-state index contributed by atoms with van der Waals surface area (Å²) in [5, 5.41) is 0. The maximum Gasteiger partial charge on any atom is 0.303 e. The number of allylic oxidation sites excluding steroid dienone is 1. The fraction of sp³-hybridized carbons (Fsp3) is 0.560. The number of hydrogen-bond acceptors (Lipinski definition) is 4. The smallest absolute Gasteiger partial charge is 0.303 e. The minimum atomic E-state index is -0.371. The molecule has 1 fully saturated rings. The molecule has 1 saturated heterocycles. The second kappa shape index (κ2) is 14.0. The molecule has 0 amide bonds. The van der Waals surface area contributed by atoms with Crippen LogP contribution in [-0.2, 0) is 19.0 Å². The summed E-state index contributed by atoms with van der Waals surface area (Å²) in [6.07, 6.45) is 8.66. The Labute approximate surface area is 175 Å². The molecule has 1 aromatic carbocycles. The number of benzene rings is 1. The van der Waals surface area contributed by atoms with Crippen molar-refractivity contribution in [2.45, 2.75) is 77.1 Å². The third-order valence-corrected chi connectivity index (χ3v) is 4.82. The van der Waals surface area contributed by atoms with E-state index < -0.39 is 0 Å². The molecule has 0 N–H and O–H groups in total. The summed E-state index contributed by atoms with van der Waals surface area (Å²) in [6.45, 7) is 7.19. The van der Waals surface area contributed by atoms with Crippen molar-refractivity contribution in [1.82, 2.24) is 0 Å². The Kier molecular flexibility index (Phi) is 11.2. The summed E-state index contributed by atoms with van der Waals surface area (Å²) in [7, 11) is 0. The van der Waals surface area contributed by atoms with Crippen LogP contribution in [0.5, 0.6) is 0 Å². The Morgan fingerprint density at radius 1 is 1.21 bits per heavy atom. The summed E-state index contributed by atoms with van der Waals surface area (Å²) in [4.78, 5) is 11.4. The highest BCUT2D eigenvalue weighted by molar-refractivity contribution is 5.66. The van der Waals surface area contributed by atoms with Crippen molar-refractivity contribution < 1.29 is 19.0 Å². The summed E-state index contributed by atoms with van der Waals surface area (Å²) >= 11 is 0. The van der Waals surface area contributed by atoms with E-state index in [1.54, 1.807) is 0 Å². The minimum absolute atomic E-state index is 0.00200. The fourth-order valence-corrected chi connectivity index (χ4v) is 3.24. The molecule has 0 saturated carbocycles. The van der Waals surface area contributed by atoms with Crippen LogP contribution < -0.4 is 0 Å². The zero-order valence-electron chi connectivity index (χ0n) is 17.7. The number of hydrogen-bond donors (Lipinski definition) is 0. The third kappa shape index (κ3) is 10.9. The number of carbonyl (C=O) groups excluding carboxylic acids is 1. The topological polar surface area (TPSA) is 44.8 Å². The van der Waals surface area contributed by atoms with Crippen molar-refractivity contribution >= 4 is 5.97 Å². The standard InChI is InChI=1S/C25H34O4/c1-21(11-6-8-19-27-25-16-7-9-20-28-25)12-10-15-24(29-22(2)26)18-17-23-13-4-3-5-14-23/h3-5,13-14,24-25H,1,6-12,15-16,19-20H2,2H3. The van der Waals surface area contributed by atoms with Crippen LogP contribution >= 0.6 is 0 Å². The van der Waals surface area contributed by atoms with Gasteiger partial charge < -0.3 is 14.2 Å². The molecule has 1 aliphatic heterocycles. The Morgan fingerprint density at radius 3 is 2.72 bits per heavy atom. The average molecular weight is 399 g/mol. The van der Waals surface area contributed by atoms with Gasteiger partial charge in [-0.05, 0) is 69.9 Å². The third-order valence-electron chi connectivity index (χ3n) is 4.82. The largest absolute Gasteiger partial charge is 0.449 e. The van der Waals surface area contributed by atoms with Crippen molar-refractivity contribution in [2.75, 3.05) is 13.2 Å². The van der Waals surface area contributed by atoms with E-state index in [1.165, 1.54) is 18.9 Å². The molecule has 0 radical (unpaired) electrons. The van der Waals surface area contributed by atoms with E-state index in [-0.39, 0.29) is 18.4 Å². The molecule has 2 unspecified atom stereocenters. The van der Waals surface area contributed by atoms with E-state index in [0.29, 0.717) is 0 Å². The molecule has 0 bridgehead atoms. The maximum atomic E-state index is 11.4. The molecule has 0 aliphatic carbocycles. The lowest BCUT2D eigenvalue weighted by molar-refractivity contribution is -0.162. The summed E-state index contributed by atoms with van der Waals surface area (Å²) in [6, 6.07) is 9.74. The van der Waals surface area contributed by atoms with Crippen molar-refractivity contribution in [3.63, 3.8) is 0 Å². The van der Waals surface area contributed by atoms with E-state index in [9.17, 15) is 4.79 Å². The normalized spacial score (nSPS) is 17.1. The molecule has 1 aliphatic rings. The lowest BCUT2D eigenvalue weighted by Crippen LogP contribution is -2.22. The fourth-order valence-electron chi connectivity index (χ4n) is 3.24. The first-order chi connectivity index (χ1) is 14.1. The van der Waals surface area contributed by atoms with Crippen LogP contribution in [0.4, 0.5) is 0 Å². The Morgan fingerprint density at radius 2 is 2.00 bits per heavy atom. The van der Waals surface area contributed by atoms with Crippen molar-refractivity contribution in [1.29, 1.82) is 0 Å². The highest BCUT2D eigenvalue weighted by Crippen LogP contribution is 2.17. The number of esters is 1. The Hall–Kier alpha value is -2.09. The van der Waals surface area contributed by atoms with Gasteiger partial charge in [0.15, 0.2) is 12.4 Å². The van der Waals surface area contributed by atoms with Crippen LogP contribution in [0.1, 0.15) is 70.3 Å². The molecule has 29 heavy (non-hydrogen) atoms. The zero-order valence-corrected chi connectivity index (χ0v) is 17.7. The number of unbranched alkanes of at least 4 members (excludes halogenated alkanes) is 1. The molecule has 2 atom stereocenters. The van der Waals surface area contributed by atoms with Crippen molar-refractivity contribution in [3.05, 3.63) is 48.0 Å². The quantitative estimate of drug-likeness (QED) is 0.216. The van der Waals surface area contributed by atoms with Crippen molar-refractivity contribution in [3.8, 4) is 11.8 Å². The molecule has 0 aromatic heterocycles. The second-order valence-corrected chi connectivity index (χ2v) is 7.50. The van der Waals surface area contributed by atoms with Gasteiger partial charge in [0.25, 0.3) is 0 Å². The van der Waals surface area contributed by atoms with Crippen LogP contribution in [0.15, 0.2) is 42.5 Å². The molecule has 4 nitrogen and oxygen atoms in total. The Balaban J connectivity index is 1.60. The lowest BCUT2D eigenvalue weighted by Gasteiger charge is -2.22. The summed E-state index contributed by atoms with van der Waals surface area (Å²) < 4.78 is 16.7. The first kappa shape index (κ1) is 23.2. The molecule has 4 heteroatoms. The summed E-state index contributed by atoms with van der Waals surface area (Å²) in [5.74, 6) is 5.88. The van der Waals surface area contributed by atoms with Crippen LogP contribution in [0.25, 0.3) is 0 Å². The van der Waals surface area contributed by atoms with E-state index >= 15 is 0 Å². The van der Waals surface area contributed by atoms with Gasteiger partial charge in [-0.2, -0.15) is 0 Å². The van der Waals surface area contributed by atoms with Crippen LogP contribution in [0.2, 0.25) is 0 Å². The SMILES string of the molecule is C=C(CCCCOC1CCCCO1)CCCC(C#Cc1ccccc1)OC(C)=O. The lowest BCUT2D eigenvalue weighted by atomic mass is 10.0. The van der Waals surface area contributed by atoms with Gasteiger partial charge in [-0.1, -0.05) is 42.2 Å². The van der Waals surface area contributed by atoms with Gasteiger partial charge >= 0.3 is 5.97 Å². The predicted octanol–water partition coefficient (Wildman–Crippen LogP) is 5.41. The highest BCUT2D eigenvalue weighted by Gasteiger charge is 2.13. The number of rotatable bonds is 11. The van der Waals surface area contributed by atoms with Crippen LogP contribution in [-0.4, -0.2) is 31.6 Å². The highest BCUT2D eigenvalue weighted by atomic mass is 16.7. The van der Waals surface area contributed by atoms with Crippen LogP contribution in [0, 0.1) is 11.8 Å². The van der Waals surface area contributed by atoms with Gasteiger partial charge in [-0.3, -0.25) is 4.79 Å². The average Bonchev–Trinajstić information content (AvgIpc) is 2.73. The van der Waals surface area contributed by atoms with E-state index in [1.807, 2.05) is 30.3 Å². The van der Waals surface area contributed by atoms with Gasteiger partial charge in [0.2, 0.25) is 0 Å².